The van der Waals surface area contributed by atoms with Gasteiger partial charge in [0.05, 0.1) is 18.9 Å². The minimum atomic E-state index is -0.939. The quantitative estimate of drug-likeness (QED) is 0.566. The van der Waals surface area contributed by atoms with Crippen molar-refractivity contribution in [3.05, 3.63) is 89.3 Å². The maximum Gasteiger partial charge on any atom is 0.162 e. The number of fused-ring (bicyclic) bond motifs is 1. The zero-order valence-electron chi connectivity index (χ0n) is 18.0. The third kappa shape index (κ3) is 4.61. The Morgan fingerprint density at radius 3 is 2.56 bits per heavy atom. The molecule has 0 bridgehead atoms. The van der Waals surface area contributed by atoms with Crippen molar-refractivity contribution < 1.29 is 18.3 Å². The van der Waals surface area contributed by atoms with Crippen LogP contribution in [0.25, 0.3) is 5.70 Å². The van der Waals surface area contributed by atoms with Crippen LogP contribution >= 0.6 is 0 Å². The summed E-state index contributed by atoms with van der Waals surface area (Å²) < 4.78 is 38.8. The van der Waals surface area contributed by atoms with Gasteiger partial charge >= 0.3 is 0 Å². The van der Waals surface area contributed by atoms with E-state index in [2.05, 4.69) is 10.3 Å². The summed E-state index contributed by atoms with van der Waals surface area (Å²) in [7, 11) is 1.59. The highest BCUT2D eigenvalue weighted by Gasteiger charge is 2.20. The molecule has 0 amide bonds. The van der Waals surface area contributed by atoms with Crippen molar-refractivity contribution in [3.63, 3.8) is 0 Å². The number of aliphatic imine (C=N–C) groups is 1. The molecule has 1 aromatic heterocycles. The SMILES string of the molecule is COc1cc2c(cc1OC(C)C)C(Nc1ccc(F)c(F)c1)=NC(c1cccnc1)=CC2. The average molecular weight is 435 g/mol. The highest BCUT2D eigenvalue weighted by molar-refractivity contribution is 6.12. The molecule has 1 aliphatic heterocycles. The molecule has 0 saturated carbocycles. The average Bonchev–Trinajstić information content (AvgIpc) is 2.95. The number of amidine groups is 1. The number of aromatic nitrogens is 1. The van der Waals surface area contributed by atoms with E-state index < -0.39 is 11.6 Å². The molecule has 0 atom stereocenters. The van der Waals surface area contributed by atoms with Crippen LogP contribution in [0.1, 0.15) is 30.5 Å². The van der Waals surface area contributed by atoms with Gasteiger partial charge in [0.1, 0.15) is 5.84 Å². The van der Waals surface area contributed by atoms with E-state index >= 15 is 0 Å². The first-order valence-corrected chi connectivity index (χ1v) is 10.2. The molecule has 1 N–H and O–H groups in total. The minimum Gasteiger partial charge on any atom is -0.493 e. The lowest BCUT2D eigenvalue weighted by Gasteiger charge is -2.18. The van der Waals surface area contributed by atoms with Gasteiger partial charge in [0.15, 0.2) is 23.1 Å². The third-order valence-electron chi connectivity index (χ3n) is 4.89. The number of anilines is 1. The number of pyridine rings is 1. The van der Waals surface area contributed by atoms with Gasteiger partial charge < -0.3 is 14.8 Å². The van der Waals surface area contributed by atoms with Gasteiger partial charge in [0, 0.05) is 35.3 Å². The van der Waals surface area contributed by atoms with Crippen molar-refractivity contribution in [2.75, 3.05) is 12.4 Å². The predicted molar refractivity (Wildman–Crippen MR) is 121 cm³/mol. The van der Waals surface area contributed by atoms with E-state index in [0.29, 0.717) is 35.1 Å². The van der Waals surface area contributed by atoms with Crippen LogP contribution in [0.3, 0.4) is 0 Å². The second kappa shape index (κ2) is 9.18. The van der Waals surface area contributed by atoms with E-state index in [0.717, 1.165) is 28.8 Å². The van der Waals surface area contributed by atoms with E-state index in [1.807, 2.05) is 44.2 Å². The Balaban J connectivity index is 1.84. The number of nitrogens with zero attached hydrogens (tertiary/aromatic N) is 2. The van der Waals surface area contributed by atoms with Crippen molar-refractivity contribution in [1.29, 1.82) is 0 Å². The van der Waals surface area contributed by atoms with Gasteiger partial charge in [-0.25, -0.2) is 13.8 Å². The number of benzene rings is 2. The van der Waals surface area contributed by atoms with E-state index in [1.165, 1.54) is 6.07 Å². The number of methoxy groups -OCH3 is 1. The van der Waals surface area contributed by atoms with Crippen LogP contribution in [0, 0.1) is 11.6 Å². The summed E-state index contributed by atoms with van der Waals surface area (Å²) >= 11 is 0. The summed E-state index contributed by atoms with van der Waals surface area (Å²) in [5.41, 5.74) is 3.66. The van der Waals surface area contributed by atoms with Gasteiger partial charge in [0.2, 0.25) is 0 Å². The molecule has 32 heavy (non-hydrogen) atoms. The number of hydrogen-bond acceptors (Lipinski definition) is 5. The second-order valence-electron chi connectivity index (χ2n) is 7.58. The van der Waals surface area contributed by atoms with Crippen LogP contribution in [0.2, 0.25) is 0 Å². The van der Waals surface area contributed by atoms with Crippen LogP contribution in [-0.2, 0) is 6.42 Å². The first kappa shape index (κ1) is 21.5. The number of hydrogen-bond donors (Lipinski definition) is 1. The molecular weight excluding hydrogens is 412 g/mol. The first-order chi connectivity index (χ1) is 15.4. The lowest BCUT2D eigenvalue weighted by atomic mass is 10.0. The Labute approximate surface area is 185 Å². The summed E-state index contributed by atoms with van der Waals surface area (Å²) in [5, 5.41) is 3.15. The molecule has 5 nitrogen and oxygen atoms in total. The summed E-state index contributed by atoms with van der Waals surface area (Å²) in [6, 6.07) is 11.2. The van der Waals surface area contributed by atoms with Gasteiger partial charge in [-0.3, -0.25) is 4.98 Å². The molecule has 7 heteroatoms. The third-order valence-corrected chi connectivity index (χ3v) is 4.89. The van der Waals surface area contributed by atoms with Gasteiger partial charge in [-0.15, -0.1) is 0 Å². The van der Waals surface area contributed by atoms with E-state index in [-0.39, 0.29) is 6.10 Å². The van der Waals surface area contributed by atoms with Crippen molar-refractivity contribution in [3.8, 4) is 11.5 Å². The first-order valence-electron chi connectivity index (χ1n) is 10.2. The van der Waals surface area contributed by atoms with Crippen molar-refractivity contribution in [2.24, 2.45) is 4.99 Å². The fourth-order valence-electron chi connectivity index (χ4n) is 3.43. The monoisotopic (exact) mass is 435 g/mol. The lowest BCUT2D eigenvalue weighted by molar-refractivity contribution is 0.230. The number of halogens is 2. The smallest absolute Gasteiger partial charge is 0.162 e. The molecule has 1 aliphatic rings. The van der Waals surface area contributed by atoms with E-state index in [4.69, 9.17) is 14.5 Å². The molecule has 0 spiro atoms. The predicted octanol–water partition coefficient (Wildman–Crippen LogP) is 5.61. The van der Waals surface area contributed by atoms with Gasteiger partial charge in [-0.1, -0.05) is 6.08 Å². The van der Waals surface area contributed by atoms with Crippen LogP contribution in [0.15, 0.2) is 65.9 Å². The molecule has 2 heterocycles. The fourth-order valence-corrected chi connectivity index (χ4v) is 3.43. The molecule has 0 fully saturated rings. The lowest BCUT2D eigenvalue weighted by Crippen LogP contribution is -2.17. The number of nitrogens with one attached hydrogen (secondary N) is 1. The molecule has 4 rings (SSSR count). The zero-order chi connectivity index (χ0) is 22.7. The Bertz CT molecular complexity index is 1190. The Morgan fingerprint density at radius 2 is 1.88 bits per heavy atom. The van der Waals surface area contributed by atoms with E-state index in [1.54, 1.807) is 19.5 Å². The standard InChI is InChI=1S/C25H23F2N3O2/c1-15(2)32-24-13-19-16(11-23(24)31-3)6-9-22(17-5-4-10-28-14-17)30-25(19)29-18-7-8-20(26)21(27)12-18/h4-5,7-15H,6H2,1-3H3,(H,29,30). The summed E-state index contributed by atoms with van der Waals surface area (Å²) in [6.07, 6.45) is 5.95. The molecule has 0 radical (unpaired) electrons. The number of allylic oxidation sites excluding steroid dienone is 1. The van der Waals surface area contributed by atoms with Crippen LogP contribution in [0.4, 0.5) is 14.5 Å². The van der Waals surface area contributed by atoms with Crippen LogP contribution < -0.4 is 14.8 Å². The maximum absolute atomic E-state index is 13.8. The van der Waals surface area contributed by atoms with Gasteiger partial charge in [-0.2, -0.15) is 0 Å². The summed E-state index contributed by atoms with van der Waals surface area (Å²) in [5.74, 6) is -0.179. The Morgan fingerprint density at radius 1 is 1.03 bits per heavy atom. The molecule has 3 aromatic rings. The zero-order valence-corrected chi connectivity index (χ0v) is 18.0. The summed E-state index contributed by atoms with van der Waals surface area (Å²) in [4.78, 5) is 9.01. The normalized spacial score (nSPS) is 13.1. The van der Waals surface area contributed by atoms with Crippen molar-refractivity contribution >= 4 is 17.2 Å². The van der Waals surface area contributed by atoms with Crippen LogP contribution in [-0.4, -0.2) is 24.0 Å². The molecule has 0 unspecified atom stereocenters. The Hall–Kier alpha value is -3.74. The minimum absolute atomic E-state index is 0.0589. The van der Waals surface area contributed by atoms with Crippen molar-refractivity contribution in [1.82, 2.24) is 4.98 Å². The summed E-state index contributed by atoms with van der Waals surface area (Å²) in [6.45, 7) is 3.86. The van der Waals surface area contributed by atoms with Crippen LogP contribution in [0.5, 0.6) is 11.5 Å². The number of ether oxygens (including phenoxy) is 2. The molecule has 2 aromatic carbocycles. The molecule has 0 aliphatic carbocycles. The largest absolute Gasteiger partial charge is 0.493 e. The number of rotatable bonds is 5. The van der Waals surface area contributed by atoms with Gasteiger partial charge in [0.25, 0.3) is 0 Å². The maximum atomic E-state index is 13.8. The molecular formula is C25H23F2N3O2. The molecule has 0 saturated heterocycles. The van der Waals surface area contributed by atoms with Crippen molar-refractivity contribution in [2.45, 2.75) is 26.4 Å². The molecule has 164 valence electrons. The highest BCUT2D eigenvalue weighted by Crippen LogP contribution is 2.35. The van der Waals surface area contributed by atoms with E-state index in [9.17, 15) is 8.78 Å². The second-order valence-corrected chi connectivity index (χ2v) is 7.58. The highest BCUT2D eigenvalue weighted by atomic mass is 19.2. The van der Waals surface area contributed by atoms with Gasteiger partial charge in [-0.05, 0) is 62.2 Å². The fraction of sp³-hybridized carbons (Fsp3) is 0.200. The Kier molecular flexibility index (Phi) is 6.16. The topological polar surface area (TPSA) is 55.7 Å².